The van der Waals surface area contributed by atoms with Gasteiger partial charge in [0.2, 0.25) is 5.91 Å². The standard InChI is InChI=1S/C12H15ClN4O/c1-7-3-4-9-12(15-7)17(8(2)11(14)18)10(16-9)5-6-13/h3-4,8H,5-6H2,1-2H3,(H2,14,18). The predicted octanol–water partition coefficient (Wildman–Crippen LogP) is 1.57. The largest absolute Gasteiger partial charge is 0.368 e. The molecule has 0 spiro atoms. The monoisotopic (exact) mass is 266 g/mol. The summed E-state index contributed by atoms with van der Waals surface area (Å²) in [6, 6.07) is 3.29. The van der Waals surface area contributed by atoms with Crippen LogP contribution in [0.4, 0.5) is 0 Å². The van der Waals surface area contributed by atoms with Crippen LogP contribution in [-0.2, 0) is 11.2 Å². The Hall–Kier alpha value is -1.62. The number of hydrogen-bond donors (Lipinski definition) is 1. The summed E-state index contributed by atoms with van der Waals surface area (Å²) >= 11 is 5.76. The first-order chi connectivity index (χ1) is 8.54. The van der Waals surface area contributed by atoms with E-state index in [0.29, 0.717) is 17.9 Å². The third kappa shape index (κ3) is 2.18. The molecule has 18 heavy (non-hydrogen) atoms. The van der Waals surface area contributed by atoms with Crippen molar-refractivity contribution < 1.29 is 4.79 Å². The number of hydrogen-bond acceptors (Lipinski definition) is 3. The molecule has 0 bridgehead atoms. The van der Waals surface area contributed by atoms with E-state index in [4.69, 9.17) is 17.3 Å². The van der Waals surface area contributed by atoms with E-state index in [2.05, 4.69) is 9.97 Å². The Balaban J connectivity index is 2.67. The molecule has 1 amide bonds. The molecule has 0 aliphatic rings. The zero-order valence-electron chi connectivity index (χ0n) is 10.4. The third-order valence-corrected chi connectivity index (χ3v) is 3.06. The Morgan fingerprint density at radius 3 is 2.83 bits per heavy atom. The quantitative estimate of drug-likeness (QED) is 0.854. The maximum Gasteiger partial charge on any atom is 0.240 e. The van der Waals surface area contributed by atoms with Crippen molar-refractivity contribution in [2.24, 2.45) is 5.73 Å². The highest BCUT2D eigenvalue weighted by molar-refractivity contribution is 6.17. The average Bonchev–Trinajstić information content (AvgIpc) is 2.66. The first-order valence-corrected chi connectivity index (χ1v) is 6.27. The summed E-state index contributed by atoms with van der Waals surface area (Å²) < 4.78 is 1.77. The van der Waals surface area contributed by atoms with Gasteiger partial charge in [-0.05, 0) is 26.0 Å². The van der Waals surface area contributed by atoms with Gasteiger partial charge >= 0.3 is 0 Å². The van der Waals surface area contributed by atoms with Crippen molar-refractivity contribution in [1.29, 1.82) is 0 Å². The minimum Gasteiger partial charge on any atom is -0.368 e. The smallest absolute Gasteiger partial charge is 0.240 e. The van der Waals surface area contributed by atoms with Crippen LogP contribution in [-0.4, -0.2) is 26.3 Å². The Bertz CT molecular complexity index is 593. The maximum atomic E-state index is 11.4. The van der Waals surface area contributed by atoms with E-state index in [9.17, 15) is 4.79 Å². The first kappa shape index (κ1) is 12.8. The van der Waals surface area contributed by atoms with E-state index in [1.165, 1.54) is 0 Å². The molecule has 2 aromatic heterocycles. The second kappa shape index (κ2) is 4.94. The first-order valence-electron chi connectivity index (χ1n) is 5.74. The Morgan fingerprint density at radius 2 is 2.22 bits per heavy atom. The molecule has 2 N–H and O–H groups in total. The summed E-state index contributed by atoms with van der Waals surface area (Å²) in [7, 11) is 0. The summed E-state index contributed by atoms with van der Waals surface area (Å²) in [6.07, 6.45) is 0.578. The number of halogens is 1. The molecule has 96 valence electrons. The molecular formula is C12H15ClN4O. The maximum absolute atomic E-state index is 11.4. The van der Waals surface area contributed by atoms with E-state index in [1.807, 2.05) is 19.1 Å². The Morgan fingerprint density at radius 1 is 1.50 bits per heavy atom. The lowest BCUT2D eigenvalue weighted by atomic mass is 10.3. The molecule has 0 saturated carbocycles. The predicted molar refractivity (Wildman–Crippen MR) is 70.6 cm³/mol. The van der Waals surface area contributed by atoms with Gasteiger partial charge in [-0.1, -0.05) is 0 Å². The fraction of sp³-hybridized carbons (Fsp3) is 0.417. The molecule has 0 fully saturated rings. The zero-order valence-corrected chi connectivity index (χ0v) is 11.1. The minimum atomic E-state index is -0.484. The molecule has 1 atom stereocenters. The van der Waals surface area contributed by atoms with Crippen LogP contribution in [0.25, 0.3) is 11.2 Å². The Labute approximate surface area is 110 Å². The van der Waals surface area contributed by atoms with Gasteiger partial charge in [-0.15, -0.1) is 11.6 Å². The van der Waals surface area contributed by atoms with Gasteiger partial charge in [-0.3, -0.25) is 4.79 Å². The van der Waals surface area contributed by atoms with Crippen LogP contribution in [0.1, 0.15) is 24.5 Å². The number of aryl methyl sites for hydroxylation is 2. The molecular weight excluding hydrogens is 252 g/mol. The van der Waals surface area contributed by atoms with Crippen LogP contribution in [0.15, 0.2) is 12.1 Å². The van der Waals surface area contributed by atoms with Gasteiger partial charge in [0.1, 0.15) is 17.4 Å². The fourth-order valence-electron chi connectivity index (χ4n) is 1.91. The van der Waals surface area contributed by atoms with Crippen molar-refractivity contribution in [2.45, 2.75) is 26.3 Å². The highest BCUT2D eigenvalue weighted by Gasteiger charge is 2.20. The van der Waals surface area contributed by atoms with Crippen LogP contribution < -0.4 is 5.73 Å². The van der Waals surface area contributed by atoms with Gasteiger partial charge in [-0.25, -0.2) is 9.97 Å². The van der Waals surface area contributed by atoms with Gasteiger partial charge in [0.15, 0.2) is 5.65 Å². The van der Waals surface area contributed by atoms with Crippen molar-refractivity contribution >= 4 is 28.7 Å². The van der Waals surface area contributed by atoms with Crippen LogP contribution >= 0.6 is 11.6 Å². The fourth-order valence-corrected chi connectivity index (χ4v) is 2.08. The van der Waals surface area contributed by atoms with E-state index in [1.54, 1.807) is 11.5 Å². The zero-order chi connectivity index (χ0) is 13.3. The Kier molecular flexibility index (Phi) is 3.52. The highest BCUT2D eigenvalue weighted by atomic mass is 35.5. The molecule has 0 aliphatic heterocycles. The summed E-state index contributed by atoms with van der Waals surface area (Å²) in [6.45, 7) is 3.64. The molecule has 0 saturated heterocycles. The van der Waals surface area contributed by atoms with Gasteiger partial charge in [0.25, 0.3) is 0 Å². The second-order valence-corrected chi connectivity index (χ2v) is 4.59. The summed E-state index contributed by atoms with van der Waals surface area (Å²) in [5.41, 5.74) is 7.69. The van der Waals surface area contributed by atoms with E-state index in [-0.39, 0.29) is 0 Å². The van der Waals surface area contributed by atoms with Crippen molar-refractivity contribution in [2.75, 3.05) is 5.88 Å². The molecule has 2 aromatic rings. The topological polar surface area (TPSA) is 73.8 Å². The molecule has 2 rings (SSSR count). The molecule has 2 heterocycles. The van der Waals surface area contributed by atoms with Gasteiger partial charge in [-0.2, -0.15) is 0 Å². The van der Waals surface area contributed by atoms with Crippen molar-refractivity contribution in [3.8, 4) is 0 Å². The van der Waals surface area contributed by atoms with E-state index in [0.717, 1.165) is 17.0 Å². The van der Waals surface area contributed by atoms with Gasteiger partial charge in [0.05, 0.1) is 0 Å². The van der Waals surface area contributed by atoms with E-state index >= 15 is 0 Å². The number of carbonyl (C=O) groups is 1. The van der Waals surface area contributed by atoms with Crippen LogP contribution in [0.2, 0.25) is 0 Å². The lowest BCUT2D eigenvalue weighted by Crippen LogP contribution is -2.25. The highest BCUT2D eigenvalue weighted by Crippen LogP contribution is 2.20. The number of primary amides is 1. The number of carbonyl (C=O) groups excluding carboxylic acids is 1. The van der Waals surface area contributed by atoms with Crippen molar-refractivity contribution in [1.82, 2.24) is 14.5 Å². The number of rotatable bonds is 4. The normalized spacial score (nSPS) is 12.8. The number of nitrogens with zero attached hydrogens (tertiary/aromatic N) is 3. The SMILES string of the molecule is Cc1ccc2nc(CCCl)n(C(C)C(N)=O)c2n1. The van der Waals surface area contributed by atoms with Crippen LogP contribution in [0.5, 0.6) is 0 Å². The molecule has 1 unspecified atom stereocenters. The molecule has 5 nitrogen and oxygen atoms in total. The van der Waals surface area contributed by atoms with Crippen molar-refractivity contribution in [3.63, 3.8) is 0 Å². The minimum absolute atomic E-state index is 0.409. The van der Waals surface area contributed by atoms with Gasteiger partial charge in [0, 0.05) is 18.0 Å². The molecule has 0 radical (unpaired) electrons. The number of nitrogens with two attached hydrogens (primary N) is 1. The number of amides is 1. The molecule has 6 heteroatoms. The van der Waals surface area contributed by atoms with E-state index < -0.39 is 11.9 Å². The lowest BCUT2D eigenvalue weighted by molar-refractivity contribution is -0.120. The molecule has 0 aliphatic carbocycles. The number of imidazole rings is 1. The average molecular weight is 267 g/mol. The summed E-state index contributed by atoms with van der Waals surface area (Å²) in [4.78, 5) is 20.3. The number of pyridine rings is 1. The summed E-state index contributed by atoms with van der Waals surface area (Å²) in [5.74, 6) is 0.770. The number of fused-ring (bicyclic) bond motifs is 1. The third-order valence-electron chi connectivity index (χ3n) is 2.87. The lowest BCUT2D eigenvalue weighted by Gasteiger charge is -2.13. The summed E-state index contributed by atoms with van der Waals surface area (Å²) in [5, 5.41) is 0. The van der Waals surface area contributed by atoms with Gasteiger partial charge < -0.3 is 10.3 Å². The van der Waals surface area contributed by atoms with Crippen molar-refractivity contribution in [3.05, 3.63) is 23.7 Å². The molecule has 0 aromatic carbocycles. The van der Waals surface area contributed by atoms with Crippen LogP contribution in [0, 0.1) is 6.92 Å². The number of aromatic nitrogens is 3. The number of alkyl halides is 1. The second-order valence-electron chi connectivity index (χ2n) is 4.21. The van der Waals surface area contributed by atoms with Crippen LogP contribution in [0.3, 0.4) is 0 Å².